The van der Waals surface area contributed by atoms with Gasteiger partial charge in [0.2, 0.25) is 0 Å². The fraction of sp³-hybridized carbons (Fsp3) is 0.867. The molecule has 1 aliphatic heterocycles. The topological polar surface area (TPSA) is 58.4 Å². The molecule has 5 heteroatoms. The van der Waals surface area contributed by atoms with Crippen LogP contribution in [0.15, 0.2) is 0 Å². The van der Waals surface area contributed by atoms with Crippen molar-refractivity contribution in [2.75, 3.05) is 13.1 Å². The SMILES string of the molecule is CC1CCN(C(=O)NC2(C(N)=S)CCC(C)CC2)CC1. The molecule has 20 heavy (non-hydrogen) atoms. The number of piperidine rings is 1. The summed E-state index contributed by atoms with van der Waals surface area (Å²) >= 11 is 5.25. The van der Waals surface area contributed by atoms with Crippen LogP contribution >= 0.6 is 12.2 Å². The van der Waals surface area contributed by atoms with Crippen LogP contribution in [0.25, 0.3) is 0 Å². The van der Waals surface area contributed by atoms with Crippen molar-refractivity contribution in [2.45, 2.75) is 57.9 Å². The van der Waals surface area contributed by atoms with Crippen LogP contribution in [-0.2, 0) is 0 Å². The van der Waals surface area contributed by atoms with Crippen molar-refractivity contribution in [3.05, 3.63) is 0 Å². The Morgan fingerprint density at radius 1 is 1.15 bits per heavy atom. The van der Waals surface area contributed by atoms with Crippen LogP contribution in [0.3, 0.4) is 0 Å². The Bertz CT molecular complexity index is 369. The minimum absolute atomic E-state index is 0.0132. The molecule has 0 aromatic carbocycles. The van der Waals surface area contributed by atoms with Crippen molar-refractivity contribution < 1.29 is 4.79 Å². The Labute approximate surface area is 127 Å². The molecule has 0 spiro atoms. The second-order valence-electron chi connectivity index (χ2n) is 6.73. The van der Waals surface area contributed by atoms with Crippen molar-refractivity contribution in [3.63, 3.8) is 0 Å². The van der Waals surface area contributed by atoms with Crippen molar-refractivity contribution in [1.29, 1.82) is 0 Å². The van der Waals surface area contributed by atoms with E-state index in [1.807, 2.05) is 4.90 Å². The van der Waals surface area contributed by atoms with E-state index in [4.69, 9.17) is 18.0 Å². The normalized spacial score (nSPS) is 31.9. The van der Waals surface area contributed by atoms with Gasteiger partial charge in [-0.3, -0.25) is 0 Å². The predicted octanol–water partition coefficient (Wildman–Crippen LogP) is 2.66. The van der Waals surface area contributed by atoms with E-state index in [2.05, 4.69) is 19.2 Å². The molecule has 0 atom stereocenters. The highest BCUT2D eigenvalue weighted by Gasteiger charge is 2.39. The molecule has 3 N–H and O–H groups in total. The summed E-state index contributed by atoms with van der Waals surface area (Å²) in [5, 5.41) is 3.16. The maximum atomic E-state index is 12.5. The molecule has 1 heterocycles. The van der Waals surface area contributed by atoms with E-state index in [0.717, 1.165) is 57.5 Å². The number of amides is 2. The van der Waals surface area contributed by atoms with Gasteiger partial charge < -0.3 is 16.0 Å². The molecule has 1 saturated carbocycles. The van der Waals surface area contributed by atoms with Crippen molar-refractivity contribution in [3.8, 4) is 0 Å². The van der Waals surface area contributed by atoms with Crippen LogP contribution in [0.5, 0.6) is 0 Å². The van der Waals surface area contributed by atoms with Gasteiger partial charge in [-0.05, 0) is 50.4 Å². The molecule has 0 radical (unpaired) electrons. The second-order valence-corrected chi connectivity index (χ2v) is 7.17. The molecule has 4 nitrogen and oxygen atoms in total. The van der Waals surface area contributed by atoms with Gasteiger partial charge in [0.1, 0.15) is 0 Å². The monoisotopic (exact) mass is 297 g/mol. The predicted molar refractivity (Wildman–Crippen MR) is 85.7 cm³/mol. The highest BCUT2D eigenvalue weighted by atomic mass is 32.1. The fourth-order valence-electron chi connectivity index (χ4n) is 3.18. The molecule has 2 rings (SSSR count). The number of hydrogen-bond donors (Lipinski definition) is 2. The van der Waals surface area contributed by atoms with Crippen LogP contribution in [0.4, 0.5) is 4.79 Å². The zero-order valence-corrected chi connectivity index (χ0v) is 13.5. The van der Waals surface area contributed by atoms with Gasteiger partial charge in [-0.25, -0.2) is 4.79 Å². The number of rotatable bonds is 2. The Balaban J connectivity index is 1.98. The van der Waals surface area contributed by atoms with Gasteiger partial charge in [0.05, 0.1) is 10.5 Å². The lowest BCUT2D eigenvalue weighted by molar-refractivity contribution is 0.159. The van der Waals surface area contributed by atoms with Gasteiger partial charge >= 0.3 is 6.03 Å². The van der Waals surface area contributed by atoms with E-state index in [9.17, 15) is 4.79 Å². The molecule has 1 saturated heterocycles. The minimum Gasteiger partial charge on any atom is -0.391 e. The molecule has 2 amide bonds. The van der Waals surface area contributed by atoms with Crippen LogP contribution < -0.4 is 11.1 Å². The molecule has 114 valence electrons. The van der Waals surface area contributed by atoms with E-state index >= 15 is 0 Å². The van der Waals surface area contributed by atoms with Crippen LogP contribution in [-0.4, -0.2) is 34.5 Å². The Morgan fingerprint density at radius 3 is 2.15 bits per heavy atom. The Kier molecular flexibility index (Phi) is 4.89. The molecule has 0 bridgehead atoms. The Hall–Kier alpha value is -0.840. The first-order chi connectivity index (χ1) is 9.43. The quantitative estimate of drug-likeness (QED) is 0.770. The maximum absolute atomic E-state index is 12.5. The van der Waals surface area contributed by atoms with Crippen molar-refractivity contribution >= 4 is 23.2 Å². The van der Waals surface area contributed by atoms with E-state index in [1.54, 1.807) is 0 Å². The number of nitrogens with one attached hydrogen (secondary N) is 1. The summed E-state index contributed by atoms with van der Waals surface area (Å²) in [6.07, 6.45) is 6.08. The maximum Gasteiger partial charge on any atom is 0.318 e. The number of hydrogen-bond acceptors (Lipinski definition) is 2. The van der Waals surface area contributed by atoms with Gasteiger partial charge in [0, 0.05) is 13.1 Å². The summed E-state index contributed by atoms with van der Waals surface area (Å²) in [5.74, 6) is 1.42. The lowest BCUT2D eigenvalue weighted by Gasteiger charge is -2.41. The number of urea groups is 1. The molecular formula is C15H27N3OS. The van der Waals surface area contributed by atoms with E-state index in [1.165, 1.54) is 0 Å². The van der Waals surface area contributed by atoms with Gasteiger partial charge in [-0.1, -0.05) is 26.1 Å². The van der Waals surface area contributed by atoms with Gasteiger partial charge in [0.15, 0.2) is 0 Å². The smallest absolute Gasteiger partial charge is 0.318 e. The summed E-state index contributed by atoms with van der Waals surface area (Å²) in [6, 6.07) is 0.0132. The standard InChI is InChI=1S/C15H27N3OS/c1-11-3-7-15(8-4-11,13(16)20)17-14(19)18-9-5-12(2)6-10-18/h11-12H,3-10H2,1-2H3,(H2,16,20)(H,17,19). The molecule has 0 unspecified atom stereocenters. The zero-order valence-electron chi connectivity index (χ0n) is 12.7. The number of thiocarbonyl (C=S) groups is 1. The average Bonchev–Trinajstić information content (AvgIpc) is 2.42. The number of carbonyl (C=O) groups is 1. The third kappa shape index (κ3) is 3.43. The van der Waals surface area contributed by atoms with Crippen LogP contribution in [0.2, 0.25) is 0 Å². The summed E-state index contributed by atoms with van der Waals surface area (Å²) in [7, 11) is 0. The van der Waals surface area contributed by atoms with Gasteiger partial charge in [0.25, 0.3) is 0 Å². The highest BCUT2D eigenvalue weighted by Crippen LogP contribution is 2.32. The van der Waals surface area contributed by atoms with Crippen LogP contribution in [0, 0.1) is 11.8 Å². The molecule has 2 fully saturated rings. The summed E-state index contributed by atoms with van der Waals surface area (Å²) in [6.45, 7) is 6.18. The summed E-state index contributed by atoms with van der Waals surface area (Å²) in [4.78, 5) is 14.8. The van der Waals surface area contributed by atoms with Crippen LogP contribution in [0.1, 0.15) is 52.4 Å². The first-order valence-electron chi connectivity index (χ1n) is 7.80. The Morgan fingerprint density at radius 2 is 1.65 bits per heavy atom. The van der Waals surface area contributed by atoms with Gasteiger partial charge in [-0.2, -0.15) is 0 Å². The number of likely N-dealkylation sites (tertiary alicyclic amines) is 1. The van der Waals surface area contributed by atoms with Crippen molar-refractivity contribution in [1.82, 2.24) is 10.2 Å². The molecule has 0 aromatic heterocycles. The lowest BCUT2D eigenvalue weighted by Crippen LogP contribution is -2.61. The highest BCUT2D eigenvalue weighted by molar-refractivity contribution is 7.80. The fourth-order valence-corrected chi connectivity index (χ4v) is 3.44. The van der Waals surface area contributed by atoms with E-state index < -0.39 is 5.54 Å². The number of nitrogens with zero attached hydrogens (tertiary/aromatic N) is 1. The summed E-state index contributed by atoms with van der Waals surface area (Å²) < 4.78 is 0. The number of nitrogens with two attached hydrogens (primary N) is 1. The van der Waals surface area contributed by atoms with Gasteiger partial charge in [-0.15, -0.1) is 0 Å². The second kappa shape index (κ2) is 6.29. The molecular weight excluding hydrogens is 270 g/mol. The van der Waals surface area contributed by atoms with Crippen molar-refractivity contribution in [2.24, 2.45) is 17.6 Å². The average molecular weight is 297 g/mol. The third-order valence-electron chi connectivity index (χ3n) is 5.02. The lowest BCUT2D eigenvalue weighted by atomic mass is 9.77. The van der Waals surface area contributed by atoms with E-state index in [-0.39, 0.29) is 6.03 Å². The zero-order chi connectivity index (χ0) is 14.8. The largest absolute Gasteiger partial charge is 0.391 e. The third-order valence-corrected chi connectivity index (χ3v) is 5.41. The first-order valence-corrected chi connectivity index (χ1v) is 8.21. The number of carbonyl (C=O) groups excluding carboxylic acids is 1. The molecule has 0 aromatic rings. The first kappa shape index (κ1) is 15.5. The minimum atomic E-state index is -0.456. The van der Waals surface area contributed by atoms with E-state index in [0.29, 0.717) is 10.9 Å². The summed E-state index contributed by atoms with van der Waals surface area (Å²) in [5.41, 5.74) is 5.49. The molecule has 1 aliphatic carbocycles. The molecule has 2 aliphatic rings.